The Labute approximate surface area is 131 Å². The van der Waals surface area contributed by atoms with Crippen molar-refractivity contribution in [1.29, 1.82) is 0 Å². The van der Waals surface area contributed by atoms with Crippen molar-refractivity contribution in [1.82, 2.24) is 10.6 Å². The van der Waals surface area contributed by atoms with Gasteiger partial charge in [-0.25, -0.2) is 0 Å². The Kier molecular flexibility index (Phi) is 5.51. The van der Waals surface area contributed by atoms with Gasteiger partial charge in [0.05, 0.1) is 5.56 Å². The van der Waals surface area contributed by atoms with Crippen molar-refractivity contribution in [2.75, 3.05) is 13.1 Å². The standard InChI is InChI=1S/C16H15BrN2O2/c17-14-9-5-4-8-13(14)16(21)19-11-10-18-15(20)12-6-2-1-3-7-12/h1-9H,10-11H2,(H,18,20)(H,19,21). The number of hydrogen-bond acceptors (Lipinski definition) is 2. The van der Waals surface area contributed by atoms with Gasteiger partial charge in [-0.15, -0.1) is 0 Å². The first-order chi connectivity index (χ1) is 10.2. The Morgan fingerprint density at radius 2 is 1.38 bits per heavy atom. The lowest BCUT2D eigenvalue weighted by molar-refractivity contribution is 0.0927. The van der Waals surface area contributed by atoms with Crippen LogP contribution in [0.25, 0.3) is 0 Å². The summed E-state index contributed by atoms with van der Waals surface area (Å²) in [6, 6.07) is 16.2. The number of halogens is 1. The number of benzene rings is 2. The van der Waals surface area contributed by atoms with Crippen LogP contribution in [0.15, 0.2) is 59.1 Å². The largest absolute Gasteiger partial charge is 0.350 e. The van der Waals surface area contributed by atoms with Gasteiger partial charge in [0.15, 0.2) is 0 Å². The Morgan fingerprint density at radius 1 is 0.810 bits per heavy atom. The van der Waals surface area contributed by atoms with E-state index in [0.717, 1.165) is 4.47 Å². The maximum absolute atomic E-state index is 11.9. The van der Waals surface area contributed by atoms with E-state index in [1.165, 1.54) is 0 Å². The summed E-state index contributed by atoms with van der Waals surface area (Å²) in [5, 5.41) is 5.52. The van der Waals surface area contributed by atoms with Crippen LogP contribution in [0, 0.1) is 0 Å². The molecule has 108 valence electrons. The summed E-state index contributed by atoms with van der Waals surface area (Å²) in [6.07, 6.45) is 0. The van der Waals surface area contributed by atoms with E-state index in [9.17, 15) is 9.59 Å². The quantitative estimate of drug-likeness (QED) is 0.817. The van der Waals surface area contributed by atoms with E-state index in [-0.39, 0.29) is 11.8 Å². The van der Waals surface area contributed by atoms with Gasteiger partial charge in [0, 0.05) is 23.1 Å². The maximum Gasteiger partial charge on any atom is 0.252 e. The molecule has 0 aromatic heterocycles. The molecule has 2 aromatic carbocycles. The van der Waals surface area contributed by atoms with E-state index in [1.807, 2.05) is 30.3 Å². The predicted molar refractivity (Wildman–Crippen MR) is 85.3 cm³/mol. The molecule has 2 rings (SSSR count). The zero-order valence-corrected chi connectivity index (χ0v) is 12.9. The summed E-state index contributed by atoms with van der Waals surface area (Å²) in [4.78, 5) is 23.7. The zero-order chi connectivity index (χ0) is 15.1. The number of rotatable bonds is 5. The summed E-state index contributed by atoms with van der Waals surface area (Å²) in [5.41, 5.74) is 1.18. The summed E-state index contributed by atoms with van der Waals surface area (Å²) in [7, 11) is 0. The van der Waals surface area contributed by atoms with E-state index in [1.54, 1.807) is 24.3 Å². The number of hydrogen-bond donors (Lipinski definition) is 2. The van der Waals surface area contributed by atoms with E-state index in [2.05, 4.69) is 26.6 Å². The maximum atomic E-state index is 11.9. The minimum atomic E-state index is -0.170. The van der Waals surface area contributed by atoms with E-state index in [0.29, 0.717) is 24.2 Å². The van der Waals surface area contributed by atoms with Crippen LogP contribution in [-0.2, 0) is 0 Å². The summed E-state index contributed by atoms with van der Waals surface area (Å²) >= 11 is 3.33. The van der Waals surface area contributed by atoms with Gasteiger partial charge in [0.1, 0.15) is 0 Å². The van der Waals surface area contributed by atoms with Crippen LogP contribution in [0.1, 0.15) is 20.7 Å². The fraction of sp³-hybridized carbons (Fsp3) is 0.125. The second-order valence-electron chi connectivity index (χ2n) is 4.36. The van der Waals surface area contributed by atoms with Crippen molar-refractivity contribution in [3.63, 3.8) is 0 Å². The molecule has 0 aliphatic carbocycles. The van der Waals surface area contributed by atoms with Crippen molar-refractivity contribution in [2.24, 2.45) is 0 Å². The Bertz CT molecular complexity index is 629. The minimum Gasteiger partial charge on any atom is -0.350 e. The van der Waals surface area contributed by atoms with Crippen molar-refractivity contribution < 1.29 is 9.59 Å². The molecule has 0 fully saturated rings. The first-order valence-electron chi connectivity index (χ1n) is 6.54. The van der Waals surface area contributed by atoms with E-state index < -0.39 is 0 Å². The molecule has 0 heterocycles. The molecule has 0 bridgehead atoms. The second-order valence-corrected chi connectivity index (χ2v) is 5.21. The smallest absolute Gasteiger partial charge is 0.252 e. The summed E-state index contributed by atoms with van der Waals surface area (Å²) < 4.78 is 0.746. The molecule has 0 radical (unpaired) electrons. The summed E-state index contributed by atoms with van der Waals surface area (Å²) in [6.45, 7) is 0.753. The molecular formula is C16H15BrN2O2. The van der Waals surface area contributed by atoms with Gasteiger partial charge in [-0.05, 0) is 40.2 Å². The van der Waals surface area contributed by atoms with Gasteiger partial charge in [-0.1, -0.05) is 30.3 Å². The van der Waals surface area contributed by atoms with Crippen LogP contribution in [0.3, 0.4) is 0 Å². The molecule has 21 heavy (non-hydrogen) atoms. The molecular weight excluding hydrogens is 332 g/mol. The van der Waals surface area contributed by atoms with Crippen LogP contribution < -0.4 is 10.6 Å². The lowest BCUT2D eigenvalue weighted by Crippen LogP contribution is -2.34. The first kappa shape index (κ1) is 15.3. The Hall–Kier alpha value is -2.14. The molecule has 2 aromatic rings. The third-order valence-electron chi connectivity index (χ3n) is 2.85. The Morgan fingerprint density at radius 3 is 2.05 bits per heavy atom. The predicted octanol–water partition coefficient (Wildman–Crippen LogP) is 2.61. The number of nitrogens with one attached hydrogen (secondary N) is 2. The van der Waals surface area contributed by atoms with Gasteiger partial charge >= 0.3 is 0 Å². The topological polar surface area (TPSA) is 58.2 Å². The summed E-state index contributed by atoms with van der Waals surface area (Å²) in [5.74, 6) is -0.317. The van der Waals surface area contributed by atoms with Crippen LogP contribution >= 0.6 is 15.9 Å². The molecule has 0 aliphatic heterocycles. The SMILES string of the molecule is O=C(NCCNC(=O)c1ccccc1Br)c1ccccc1. The number of amides is 2. The third kappa shape index (κ3) is 4.43. The molecule has 5 heteroatoms. The number of carbonyl (C=O) groups excluding carboxylic acids is 2. The molecule has 2 amide bonds. The molecule has 2 N–H and O–H groups in total. The molecule has 0 spiro atoms. The highest BCUT2D eigenvalue weighted by Crippen LogP contribution is 2.15. The molecule has 0 atom stereocenters. The molecule has 4 nitrogen and oxygen atoms in total. The monoisotopic (exact) mass is 346 g/mol. The van der Waals surface area contributed by atoms with Gasteiger partial charge < -0.3 is 10.6 Å². The Balaban J connectivity index is 1.76. The van der Waals surface area contributed by atoms with Crippen LogP contribution in [-0.4, -0.2) is 24.9 Å². The normalized spacial score (nSPS) is 9.95. The zero-order valence-electron chi connectivity index (χ0n) is 11.3. The van der Waals surface area contributed by atoms with E-state index in [4.69, 9.17) is 0 Å². The highest BCUT2D eigenvalue weighted by Gasteiger charge is 2.08. The molecule has 0 aliphatic rings. The van der Waals surface area contributed by atoms with Crippen molar-refractivity contribution in [3.8, 4) is 0 Å². The van der Waals surface area contributed by atoms with Crippen LogP contribution in [0.5, 0.6) is 0 Å². The van der Waals surface area contributed by atoms with Gasteiger partial charge in [0.25, 0.3) is 11.8 Å². The van der Waals surface area contributed by atoms with Gasteiger partial charge in [0.2, 0.25) is 0 Å². The minimum absolute atomic E-state index is 0.147. The average Bonchev–Trinajstić information content (AvgIpc) is 2.52. The van der Waals surface area contributed by atoms with Gasteiger partial charge in [-0.3, -0.25) is 9.59 Å². The fourth-order valence-corrected chi connectivity index (χ4v) is 2.25. The lowest BCUT2D eigenvalue weighted by atomic mass is 10.2. The highest BCUT2D eigenvalue weighted by molar-refractivity contribution is 9.10. The van der Waals surface area contributed by atoms with Crippen molar-refractivity contribution >= 4 is 27.7 Å². The van der Waals surface area contributed by atoms with Gasteiger partial charge in [-0.2, -0.15) is 0 Å². The highest BCUT2D eigenvalue weighted by atomic mass is 79.9. The van der Waals surface area contributed by atoms with E-state index >= 15 is 0 Å². The molecule has 0 unspecified atom stereocenters. The fourth-order valence-electron chi connectivity index (χ4n) is 1.78. The second kappa shape index (κ2) is 7.59. The molecule has 0 saturated carbocycles. The van der Waals surface area contributed by atoms with Crippen molar-refractivity contribution in [2.45, 2.75) is 0 Å². The van der Waals surface area contributed by atoms with Crippen LogP contribution in [0.4, 0.5) is 0 Å². The lowest BCUT2D eigenvalue weighted by Gasteiger charge is -2.08. The van der Waals surface area contributed by atoms with Crippen molar-refractivity contribution in [3.05, 3.63) is 70.2 Å². The average molecular weight is 347 g/mol. The van der Waals surface area contributed by atoms with Crippen LogP contribution in [0.2, 0.25) is 0 Å². The third-order valence-corrected chi connectivity index (χ3v) is 3.54. The number of carbonyl (C=O) groups is 2. The first-order valence-corrected chi connectivity index (χ1v) is 7.34. The molecule has 0 saturated heterocycles.